The summed E-state index contributed by atoms with van der Waals surface area (Å²) < 4.78 is 7.52. The molecule has 0 aliphatic carbocycles. The topological polar surface area (TPSA) is 64.2 Å². The van der Waals surface area contributed by atoms with Crippen molar-refractivity contribution in [2.45, 2.75) is 59.3 Å². The maximum atomic E-state index is 13.3. The molecule has 2 aromatic heterocycles. The van der Waals surface area contributed by atoms with Gasteiger partial charge in [0.05, 0.1) is 5.56 Å². The number of amides is 1. The quantitative estimate of drug-likeness (QED) is 0.616. The van der Waals surface area contributed by atoms with E-state index in [1.165, 1.54) is 5.56 Å². The Kier molecular flexibility index (Phi) is 5.50. The molecule has 0 radical (unpaired) electrons. The van der Waals surface area contributed by atoms with Crippen molar-refractivity contribution in [2.24, 2.45) is 0 Å². The van der Waals surface area contributed by atoms with Gasteiger partial charge >= 0.3 is 0 Å². The molecular weight excluding hydrogens is 376 g/mol. The van der Waals surface area contributed by atoms with Crippen LogP contribution in [0.15, 0.2) is 34.9 Å². The molecule has 1 aromatic carbocycles. The Balaban J connectivity index is 1.53. The van der Waals surface area contributed by atoms with Gasteiger partial charge in [-0.3, -0.25) is 4.79 Å². The number of likely N-dealkylation sites (tertiary alicyclic amines) is 1. The van der Waals surface area contributed by atoms with Gasteiger partial charge in [-0.05, 0) is 63.3 Å². The summed E-state index contributed by atoms with van der Waals surface area (Å²) in [5, 5.41) is 3.89. The Hall–Kier alpha value is -2.89. The first-order valence-corrected chi connectivity index (χ1v) is 10.7. The van der Waals surface area contributed by atoms with Crippen molar-refractivity contribution in [3.05, 3.63) is 64.6 Å². The summed E-state index contributed by atoms with van der Waals surface area (Å²) in [5.74, 6) is 2.17. The number of benzene rings is 1. The molecule has 6 heteroatoms. The van der Waals surface area contributed by atoms with Gasteiger partial charge in [0, 0.05) is 36.1 Å². The summed E-state index contributed by atoms with van der Waals surface area (Å²) >= 11 is 0. The first-order chi connectivity index (χ1) is 14.3. The monoisotopic (exact) mass is 406 g/mol. The fourth-order valence-corrected chi connectivity index (χ4v) is 4.38. The highest BCUT2D eigenvalue weighted by atomic mass is 16.5. The lowest BCUT2D eigenvalue weighted by molar-refractivity contribution is 0.0704. The largest absolute Gasteiger partial charge is 0.339 e. The minimum Gasteiger partial charge on any atom is -0.339 e. The van der Waals surface area contributed by atoms with Crippen molar-refractivity contribution in [3.8, 4) is 5.69 Å². The van der Waals surface area contributed by atoms with E-state index < -0.39 is 0 Å². The maximum Gasteiger partial charge on any atom is 0.255 e. The molecule has 0 spiro atoms. The molecule has 1 saturated heterocycles. The number of hydrogen-bond acceptors (Lipinski definition) is 4. The van der Waals surface area contributed by atoms with Crippen molar-refractivity contribution in [3.63, 3.8) is 0 Å². The first kappa shape index (κ1) is 20.4. The van der Waals surface area contributed by atoms with E-state index in [4.69, 9.17) is 4.52 Å². The van der Waals surface area contributed by atoms with Crippen LogP contribution < -0.4 is 0 Å². The molecule has 6 nitrogen and oxygen atoms in total. The number of carbonyl (C=O) groups excluding carboxylic acids is 1. The van der Waals surface area contributed by atoms with E-state index in [1.807, 2.05) is 24.8 Å². The molecule has 0 unspecified atom stereocenters. The van der Waals surface area contributed by atoms with Crippen LogP contribution in [-0.4, -0.2) is 38.6 Å². The second-order valence-corrected chi connectivity index (χ2v) is 8.62. The maximum absolute atomic E-state index is 13.3. The Bertz CT molecular complexity index is 1060. The third-order valence-electron chi connectivity index (χ3n) is 6.13. The van der Waals surface area contributed by atoms with Crippen molar-refractivity contribution >= 4 is 5.91 Å². The van der Waals surface area contributed by atoms with E-state index >= 15 is 0 Å². The molecule has 4 rings (SSSR count). The van der Waals surface area contributed by atoms with Gasteiger partial charge in [0.1, 0.15) is 0 Å². The third-order valence-corrected chi connectivity index (χ3v) is 6.13. The highest BCUT2D eigenvalue weighted by molar-refractivity contribution is 5.96. The zero-order chi connectivity index (χ0) is 21.4. The third kappa shape index (κ3) is 3.78. The second-order valence-electron chi connectivity index (χ2n) is 8.62. The predicted octanol–water partition coefficient (Wildman–Crippen LogP) is 4.93. The fourth-order valence-electron chi connectivity index (χ4n) is 4.38. The van der Waals surface area contributed by atoms with Crippen molar-refractivity contribution in [1.29, 1.82) is 0 Å². The van der Waals surface area contributed by atoms with E-state index in [-0.39, 0.29) is 11.8 Å². The van der Waals surface area contributed by atoms with E-state index in [0.29, 0.717) is 30.7 Å². The van der Waals surface area contributed by atoms with E-state index in [9.17, 15) is 4.79 Å². The van der Waals surface area contributed by atoms with Gasteiger partial charge in [-0.2, -0.15) is 4.98 Å². The normalized spacial score (nSPS) is 15.2. The minimum absolute atomic E-state index is 0.106. The Morgan fingerprint density at radius 2 is 1.87 bits per heavy atom. The summed E-state index contributed by atoms with van der Waals surface area (Å²) in [7, 11) is 0. The lowest BCUT2D eigenvalue weighted by Crippen LogP contribution is -2.38. The van der Waals surface area contributed by atoms with Gasteiger partial charge in [-0.1, -0.05) is 31.1 Å². The zero-order valence-corrected chi connectivity index (χ0v) is 18.5. The molecule has 0 saturated carbocycles. The second kappa shape index (κ2) is 8.09. The lowest BCUT2D eigenvalue weighted by atomic mass is 9.96. The molecule has 0 atom stereocenters. The Labute approximate surface area is 177 Å². The molecule has 0 N–H and O–H groups in total. The summed E-state index contributed by atoms with van der Waals surface area (Å²) in [6.45, 7) is 11.7. The standard InChI is InChI=1S/C24H30N4O2/c1-15(2)20-7-6-8-21(14-20)28-16(3)13-22(17(28)4)24(29)27-11-9-19(10-12-27)23-25-18(5)26-30-23/h6-8,13-15,19H,9-12H2,1-5H3. The number of aryl methyl sites for hydroxylation is 2. The fraction of sp³-hybridized carbons (Fsp3) is 0.458. The van der Waals surface area contributed by atoms with Gasteiger partial charge < -0.3 is 14.0 Å². The number of carbonyl (C=O) groups is 1. The molecule has 158 valence electrons. The van der Waals surface area contributed by atoms with Crippen LogP contribution in [0.2, 0.25) is 0 Å². The Morgan fingerprint density at radius 1 is 1.13 bits per heavy atom. The SMILES string of the molecule is Cc1noc(C2CCN(C(=O)c3cc(C)n(-c4cccc(C(C)C)c4)c3C)CC2)n1. The van der Waals surface area contributed by atoms with Gasteiger partial charge in [0.15, 0.2) is 5.82 Å². The highest BCUT2D eigenvalue weighted by Crippen LogP contribution is 2.29. The van der Waals surface area contributed by atoms with E-state index in [0.717, 1.165) is 35.5 Å². The molecule has 0 bridgehead atoms. The van der Waals surface area contributed by atoms with E-state index in [1.54, 1.807) is 0 Å². The van der Waals surface area contributed by atoms with Crippen LogP contribution in [0.5, 0.6) is 0 Å². The molecule has 3 aromatic rings. The van der Waals surface area contributed by atoms with Crippen LogP contribution in [0.25, 0.3) is 5.69 Å². The number of nitrogens with zero attached hydrogens (tertiary/aromatic N) is 4. The molecule has 1 fully saturated rings. The average Bonchev–Trinajstić information content (AvgIpc) is 3.30. The Morgan fingerprint density at radius 3 is 2.50 bits per heavy atom. The van der Waals surface area contributed by atoms with Gasteiger partial charge in [-0.25, -0.2) is 0 Å². The summed E-state index contributed by atoms with van der Waals surface area (Å²) in [4.78, 5) is 19.6. The van der Waals surface area contributed by atoms with Gasteiger partial charge in [0.25, 0.3) is 5.91 Å². The highest BCUT2D eigenvalue weighted by Gasteiger charge is 2.29. The van der Waals surface area contributed by atoms with Crippen molar-refractivity contribution < 1.29 is 9.32 Å². The zero-order valence-electron chi connectivity index (χ0n) is 18.5. The van der Waals surface area contributed by atoms with Crippen molar-refractivity contribution in [2.75, 3.05) is 13.1 Å². The average molecular weight is 407 g/mol. The smallest absolute Gasteiger partial charge is 0.255 e. The van der Waals surface area contributed by atoms with Gasteiger partial charge in [-0.15, -0.1) is 0 Å². The first-order valence-electron chi connectivity index (χ1n) is 10.7. The van der Waals surface area contributed by atoms with Crippen LogP contribution in [0.3, 0.4) is 0 Å². The molecule has 1 amide bonds. The van der Waals surface area contributed by atoms with E-state index in [2.05, 4.69) is 59.7 Å². The summed E-state index contributed by atoms with van der Waals surface area (Å²) in [6.07, 6.45) is 1.70. The van der Waals surface area contributed by atoms with Gasteiger partial charge in [0.2, 0.25) is 5.89 Å². The summed E-state index contributed by atoms with van der Waals surface area (Å²) in [6, 6.07) is 10.6. The van der Waals surface area contributed by atoms with Crippen LogP contribution in [0.1, 0.15) is 77.5 Å². The molecule has 1 aliphatic heterocycles. The molecular formula is C24H30N4O2. The van der Waals surface area contributed by atoms with Crippen LogP contribution in [-0.2, 0) is 0 Å². The lowest BCUT2D eigenvalue weighted by Gasteiger charge is -2.30. The van der Waals surface area contributed by atoms with Crippen LogP contribution in [0, 0.1) is 20.8 Å². The minimum atomic E-state index is 0.106. The summed E-state index contributed by atoms with van der Waals surface area (Å²) in [5.41, 5.74) is 5.27. The number of piperidine rings is 1. The number of aromatic nitrogens is 3. The predicted molar refractivity (Wildman–Crippen MR) is 116 cm³/mol. The molecule has 3 heterocycles. The van der Waals surface area contributed by atoms with Crippen LogP contribution in [0.4, 0.5) is 0 Å². The number of rotatable bonds is 4. The molecule has 30 heavy (non-hydrogen) atoms. The van der Waals surface area contributed by atoms with Crippen LogP contribution >= 0.6 is 0 Å². The number of hydrogen-bond donors (Lipinski definition) is 0. The molecule has 1 aliphatic rings. The van der Waals surface area contributed by atoms with Crippen molar-refractivity contribution in [1.82, 2.24) is 19.6 Å².